The SMILES string of the molecule is Cc1nn2c(C)ccnc2c1C(=O)Nc1ccccc1. The number of anilines is 1. The third-order valence-corrected chi connectivity index (χ3v) is 3.14. The van der Waals surface area contributed by atoms with Crippen molar-refractivity contribution in [2.24, 2.45) is 0 Å². The summed E-state index contributed by atoms with van der Waals surface area (Å²) in [5.74, 6) is -0.193. The van der Waals surface area contributed by atoms with Gasteiger partial charge in [0.2, 0.25) is 0 Å². The van der Waals surface area contributed by atoms with Crippen molar-refractivity contribution >= 4 is 17.2 Å². The summed E-state index contributed by atoms with van der Waals surface area (Å²) in [6.45, 7) is 3.74. The van der Waals surface area contributed by atoms with Gasteiger partial charge in [0.15, 0.2) is 5.65 Å². The lowest BCUT2D eigenvalue weighted by Gasteiger charge is -2.04. The average molecular weight is 266 g/mol. The highest BCUT2D eigenvalue weighted by Crippen LogP contribution is 2.16. The number of nitrogens with zero attached hydrogens (tertiary/aromatic N) is 3. The molecule has 2 aromatic heterocycles. The summed E-state index contributed by atoms with van der Waals surface area (Å²) in [6, 6.07) is 11.2. The molecule has 3 aromatic rings. The van der Waals surface area contributed by atoms with Gasteiger partial charge < -0.3 is 5.32 Å². The van der Waals surface area contributed by atoms with Gasteiger partial charge in [-0.15, -0.1) is 0 Å². The van der Waals surface area contributed by atoms with Crippen LogP contribution in [0.5, 0.6) is 0 Å². The van der Waals surface area contributed by atoms with Gasteiger partial charge >= 0.3 is 0 Å². The molecule has 2 heterocycles. The quantitative estimate of drug-likeness (QED) is 0.775. The topological polar surface area (TPSA) is 59.3 Å². The number of hydrogen-bond donors (Lipinski definition) is 1. The monoisotopic (exact) mass is 266 g/mol. The van der Waals surface area contributed by atoms with Gasteiger partial charge in [0.05, 0.1) is 5.69 Å². The van der Waals surface area contributed by atoms with Crippen molar-refractivity contribution in [2.75, 3.05) is 5.32 Å². The number of carbonyl (C=O) groups excluding carboxylic acids is 1. The number of aryl methyl sites for hydroxylation is 2. The Labute approximate surface area is 116 Å². The maximum Gasteiger partial charge on any atom is 0.261 e. The van der Waals surface area contributed by atoms with E-state index in [0.29, 0.717) is 16.9 Å². The molecule has 0 spiro atoms. The Morgan fingerprint density at radius 1 is 1.15 bits per heavy atom. The summed E-state index contributed by atoms with van der Waals surface area (Å²) in [7, 11) is 0. The Morgan fingerprint density at radius 2 is 1.90 bits per heavy atom. The highest BCUT2D eigenvalue weighted by Gasteiger charge is 2.18. The van der Waals surface area contributed by atoms with Gasteiger partial charge in [0.1, 0.15) is 5.56 Å². The van der Waals surface area contributed by atoms with Crippen molar-refractivity contribution in [3.63, 3.8) is 0 Å². The van der Waals surface area contributed by atoms with Crippen molar-refractivity contribution in [1.29, 1.82) is 0 Å². The Balaban J connectivity index is 2.04. The maximum atomic E-state index is 12.4. The van der Waals surface area contributed by atoms with E-state index < -0.39 is 0 Å². The van der Waals surface area contributed by atoms with Gasteiger partial charge in [-0.25, -0.2) is 9.50 Å². The lowest BCUT2D eigenvalue weighted by Crippen LogP contribution is -2.13. The van der Waals surface area contributed by atoms with Crippen LogP contribution in [-0.2, 0) is 0 Å². The van der Waals surface area contributed by atoms with Crippen LogP contribution in [0.2, 0.25) is 0 Å². The predicted molar refractivity (Wildman–Crippen MR) is 76.9 cm³/mol. The molecule has 5 heteroatoms. The highest BCUT2D eigenvalue weighted by molar-refractivity contribution is 6.09. The number of nitrogens with one attached hydrogen (secondary N) is 1. The minimum Gasteiger partial charge on any atom is -0.322 e. The van der Waals surface area contributed by atoms with E-state index in [4.69, 9.17) is 0 Å². The third-order valence-electron chi connectivity index (χ3n) is 3.14. The minimum absolute atomic E-state index is 0.193. The van der Waals surface area contributed by atoms with Crippen molar-refractivity contribution < 1.29 is 4.79 Å². The van der Waals surface area contributed by atoms with Crippen LogP contribution in [0.15, 0.2) is 42.6 Å². The van der Waals surface area contributed by atoms with E-state index in [-0.39, 0.29) is 5.91 Å². The van der Waals surface area contributed by atoms with Crippen LogP contribution >= 0.6 is 0 Å². The number of rotatable bonds is 2. The standard InChI is InChI=1S/C15H14N4O/c1-10-8-9-16-14-13(11(2)18-19(10)14)15(20)17-12-6-4-3-5-7-12/h3-9H,1-2H3,(H,17,20). The lowest BCUT2D eigenvalue weighted by molar-refractivity contribution is 0.102. The van der Waals surface area contributed by atoms with Crippen LogP contribution in [0.25, 0.3) is 5.65 Å². The fraction of sp³-hybridized carbons (Fsp3) is 0.133. The summed E-state index contributed by atoms with van der Waals surface area (Å²) in [5.41, 5.74) is 3.45. The Bertz CT molecular complexity index is 777. The van der Waals surface area contributed by atoms with E-state index in [9.17, 15) is 4.79 Å². The molecule has 1 amide bonds. The van der Waals surface area contributed by atoms with Gasteiger partial charge in [-0.3, -0.25) is 4.79 Å². The molecule has 0 aliphatic rings. The molecule has 0 aliphatic heterocycles. The molecule has 0 radical (unpaired) electrons. The molecular weight excluding hydrogens is 252 g/mol. The van der Waals surface area contributed by atoms with Gasteiger partial charge in [0.25, 0.3) is 5.91 Å². The molecule has 0 fully saturated rings. The molecule has 0 unspecified atom stereocenters. The first-order chi connectivity index (χ1) is 9.66. The molecule has 0 bridgehead atoms. The second-order valence-corrected chi connectivity index (χ2v) is 4.60. The number of amides is 1. The van der Waals surface area contributed by atoms with Gasteiger partial charge in [0, 0.05) is 17.6 Å². The summed E-state index contributed by atoms with van der Waals surface area (Å²) >= 11 is 0. The van der Waals surface area contributed by atoms with Gasteiger partial charge in [-0.05, 0) is 32.0 Å². The second kappa shape index (κ2) is 4.77. The maximum absolute atomic E-state index is 12.4. The van der Waals surface area contributed by atoms with Crippen molar-refractivity contribution in [3.8, 4) is 0 Å². The number of fused-ring (bicyclic) bond motifs is 1. The van der Waals surface area contributed by atoms with Gasteiger partial charge in [-0.1, -0.05) is 18.2 Å². The molecule has 1 N–H and O–H groups in total. The third kappa shape index (κ3) is 2.03. The molecule has 20 heavy (non-hydrogen) atoms. The number of aromatic nitrogens is 3. The molecule has 0 saturated carbocycles. The Morgan fingerprint density at radius 3 is 2.65 bits per heavy atom. The zero-order valence-electron chi connectivity index (χ0n) is 11.3. The van der Waals surface area contributed by atoms with Crippen molar-refractivity contribution in [1.82, 2.24) is 14.6 Å². The number of para-hydroxylation sites is 1. The van der Waals surface area contributed by atoms with E-state index in [1.807, 2.05) is 50.2 Å². The van der Waals surface area contributed by atoms with Crippen molar-refractivity contribution in [3.05, 3.63) is 59.5 Å². The molecule has 3 rings (SSSR count). The van der Waals surface area contributed by atoms with E-state index in [1.165, 1.54) is 0 Å². The van der Waals surface area contributed by atoms with Crippen LogP contribution in [0.3, 0.4) is 0 Å². The zero-order chi connectivity index (χ0) is 14.1. The summed E-state index contributed by atoms with van der Waals surface area (Å²) in [6.07, 6.45) is 1.69. The minimum atomic E-state index is -0.193. The number of benzene rings is 1. The van der Waals surface area contributed by atoms with Gasteiger partial charge in [-0.2, -0.15) is 5.10 Å². The fourth-order valence-corrected chi connectivity index (χ4v) is 2.15. The zero-order valence-corrected chi connectivity index (χ0v) is 11.3. The second-order valence-electron chi connectivity index (χ2n) is 4.60. The molecule has 0 saturated heterocycles. The molecule has 0 aliphatic carbocycles. The molecular formula is C15H14N4O. The normalized spacial score (nSPS) is 10.7. The van der Waals surface area contributed by atoms with E-state index in [2.05, 4.69) is 15.4 Å². The van der Waals surface area contributed by atoms with Crippen LogP contribution in [0.4, 0.5) is 5.69 Å². The molecule has 100 valence electrons. The smallest absolute Gasteiger partial charge is 0.261 e. The summed E-state index contributed by atoms with van der Waals surface area (Å²) in [5, 5.41) is 7.23. The first-order valence-corrected chi connectivity index (χ1v) is 6.34. The van der Waals surface area contributed by atoms with Crippen LogP contribution in [0.1, 0.15) is 21.7 Å². The molecule has 1 aromatic carbocycles. The Kier molecular flexibility index (Phi) is 2.95. The van der Waals surface area contributed by atoms with Crippen LogP contribution in [-0.4, -0.2) is 20.5 Å². The summed E-state index contributed by atoms with van der Waals surface area (Å²) in [4.78, 5) is 16.7. The predicted octanol–water partition coefficient (Wildman–Crippen LogP) is 2.60. The fourth-order valence-electron chi connectivity index (χ4n) is 2.15. The van der Waals surface area contributed by atoms with Crippen LogP contribution < -0.4 is 5.32 Å². The molecule has 0 atom stereocenters. The number of hydrogen-bond acceptors (Lipinski definition) is 3. The van der Waals surface area contributed by atoms with Crippen LogP contribution in [0, 0.1) is 13.8 Å². The average Bonchev–Trinajstić information content (AvgIpc) is 2.78. The van der Waals surface area contributed by atoms with E-state index in [0.717, 1.165) is 11.4 Å². The van der Waals surface area contributed by atoms with E-state index >= 15 is 0 Å². The largest absolute Gasteiger partial charge is 0.322 e. The summed E-state index contributed by atoms with van der Waals surface area (Å²) < 4.78 is 1.69. The molecule has 5 nitrogen and oxygen atoms in total. The lowest BCUT2D eigenvalue weighted by atomic mass is 10.2. The van der Waals surface area contributed by atoms with E-state index in [1.54, 1.807) is 10.7 Å². The first kappa shape index (κ1) is 12.3. The van der Waals surface area contributed by atoms with Crippen molar-refractivity contribution in [2.45, 2.75) is 13.8 Å². The first-order valence-electron chi connectivity index (χ1n) is 6.34. The highest BCUT2D eigenvalue weighted by atomic mass is 16.1. The Hall–Kier alpha value is -2.69. The number of carbonyl (C=O) groups is 1.